The number of nitrogens with one attached hydrogen (secondary N) is 1. The van der Waals surface area contributed by atoms with E-state index in [0.717, 1.165) is 18.7 Å². The summed E-state index contributed by atoms with van der Waals surface area (Å²) < 4.78 is 21.4. The first-order valence-corrected chi connectivity index (χ1v) is 5.91. The van der Waals surface area contributed by atoms with Gasteiger partial charge in [-0.1, -0.05) is 0 Å². The van der Waals surface area contributed by atoms with Crippen molar-refractivity contribution < 1.29 is 18.9 Å². The van der Waals surface area contributed by atoms with Gasteiger partial charge in [-0.2, -0.15) is 0 Å². The second-order valence-corrected chi connectivity index (χ2v) is 4.04. The van der Waals surface area contributed by atoms with Crippen molar-refractivity contribution in [2.24, 2.45) is 0 Å². The van der Waals surface area contributed by atoms with E-state index < -0.39 is 0 Å². The molecule has 1 aromatic rings. The smallest absolute Gasteiger partial charge is 0.203 e. The van der Waals surface area contributed by atoms with Gasteiger partial charge in [0.05, 0.1) is 40.6 Å². The Labute approximate surface area is 107 Å². The van der Waals surface area contributed by atoms with Crippen LogP contribution < -0.4 is 19.5 Å². The summed E-state index contributed by atoms with van der Waals surface area (Å²) in [5.41, 5.74) is 1.07. The van der Waals surface area contributed by atoms with Crippen LogP contribution in [0.3, 0.4) is 0 Å². The molecule has 18 heavy (non-hydrogen) atoms. The van der Waals surface area contributed by atoms with E-state index in [-0.39, 0.29) is 6.04 Å². The molecule has 1 N–H and O–H groups in total. The van der Waals surface area contributed by atoms with Crippen LogP contribution in [0, 0.1) is 0 Å². The zero-order valence-electron chi connectivity index (χ0n) is 11.0. The van der Waals surface area contributed by atoms with Crippen molar-refractivity contribution in [2.75, 3.05) is 41.1 Å². The Balaban J connectivity index is 2.35. The van der Waals surface area contributed by atoms with E-state index in [1.807, 2.05) is 12.1 Å². The van der Waals surface area contributed by atoms with Crippen LogP contribution in [0.1, 0.15) is 11.6 Å². The Morgan fingerprint density at radius 2 is 1.78 bits per heavy atom. The zero-order valence-corrected chi connectivity index (χ0v) is 11.0. The maximum Gasteiger partial charge on any atom is 0.203 e. The second kappa shape index (κ2) is 5.93. The Kier molecular flexibility index (Phi) is 4.28. The number of benzene rings is 1. The molecule has 0 aliphatic carbocycles. The van der Waals surface area contributed by atoms with E-state index in [9.17, 15) is 0 Å². The van der Waals surface area contributed by atoms with Gasteiger partial charge in [-0.3, -0.25) is 0 Å². The highest BCUT2D eigenvalue weighted by Gasteiger charge is 2.20. The number of hydrogen-bond donors (Lipinski definition) is 1. The highest BCUT2D eigenvalue weighted by Crippen LogP contribution is 2.39. The number of hydrogen-bond acceptors (Lipinski definition) is 5. The fourth-order valence-corrected chi connectivity index (χ4v) is 2.08. The summed E-state index contributed by atoms with van der Waals surface area (Å²) in [5.74, 6) is 1.94. The van der Waals surface area contributed by atoms with Gasteiger partial charge in [0, 0.05) is 6.54 Å². The van der Waals surface area contributed by atoms with E-state index >= 15 is 0 Å². The third kappa shape index (κ3) is 2.52. The molecule has 0 saturated carbocycles. The van der Waals surface area contributed by atoms with Gasteiger partial charge < -0.3 is 24.3 Å². The lowest BCUT2D eigenvalue weighted by Crippen LogP contribution is -2.34. The molecule has 0 bridgehead atoms. The molecule has 1 fully saturated rings. The summed E-state index contributed by atoms with van der Waals surface area (Å²) in [6.45, 7) is 2.25. The van der Waals surface area contributed by atoms with Crippen molar-refractivity contribution >= 4 is 0 Å². The van der Waals surface area contributed by atoms with Crippen LogP contribution in [0.2, 0.25) is 0 Å². The molecule has 1 aliphatic rings. The van der Waals surface area contributed by atoms with Crippen LogP contribution in [0.15, 0.2) is 12.1 Å². The predicted octanol–water partition coefficient (Wildman–Crippen LogP) is 1.37. The molecule has 1 aromatic carbocycles. The molecule has 0 radical (unpaired) electrons. The molecule has 5 nitrogen and oxygen atoms in total. The normalized spacial score (nSPS) is 19.4. The highest BCUT2D eigenvalue weighted by molar-refractivity contribution is 5.54. The van der Waals surface area contributed by atoms with E-state index in [4.69, 9.17) is 18.9 Å². The summed E-state index contributed by atoms with van der Waals surface area (Å²) in [6.07, 6.45) is 0. The highest BCUT2D eigenvalue weighted by atomic mass is 16.5. The molecule has 5 heteroatoms. The van der Waals surface area contributed by atoms with Crippen molar-refractivity contribution in [2.45, 2.75) is 6.04 Å². The van der Waals surface area contributed by atoms with Gasteiger partial charge in [-0.25, -0.2) is 0 Å². The molecular weight excluding hydrogens is 234 g/mol. The van der Waals surface area contributed by atoms with Crippen LogP contribution in [-0.4, -0.2) is 41.1 Å². The van der Waals surface area contributed by atoms with E-state index in [2.05, 4.69) is 5.32 Å². The third-order valence-electron chi connectivity index (χ3n) is 3.01. The van der Waals surface area contributed by atoms with Crippen molar-refractivity contribution in [3.8, 4) is 17.2 Å². The number of rotatable bonds is 4. The first-order chi connectivity index (χ1) is 8.80. The Morgan fingerprint density at radius 3 is 2.22 bits per heavy atom. The van der Waals surface area contributed by atoms with Crippen molar-refractivity contribution in [3.63, 3.8) is 0 Å². The van der Waals surface area contributed by atoms with Crippen molar-refractivity contribution in [1.82, 2.24) is 5.32 Å². The van der Waals surface area contributed by atoms with Gasteiger partial charge in [0.2, 0.25) is 5.75 Å². The lowest BCUT2D eigenvalue weighted by atomic mass is 10.1. The summed E-state index contributed by atoms with van der Waals surface area (Å²) in [5, 5.41) is 3.40. The maximum atomic E-state index is 5.46. The monoisotopic (exact) mass is 253 g/mol. The Morgan fingerprint density at radius 1 is 1.11 bits per heavy atom. The van der Waals surface area contributed by atoms with Gasteiger partial charge in [0.1, 0.15) is 0 Å². The van der Waals surface area contributed by atoms with Crippen LogP contribution in [-0.2, 0) is 4.74 Å². The molecule has 1 saturated heterocycles. The molecule has 0 amide bonds. The molecule has 2 rings (SSSR count). The molecule has 1 aliphatic heterocycles. The summed E-state index contributed by atoms with van der Waals surface area (Å²) in [4.78, 5) is 0. The molecule has 1 heterocycles. The molecule has 100 valence electrons. The maximum absolute atomic E-state index is 5.46. The lowest BCUT2D eigenvalue weighted by molar-refractivity contribution is 0.0767. The van der Waals surface area contributed by atoms with Crippen LogP contribution in [0.5, 0.6) is 17.2 Å². The van der Waals surface area contributed by atoms with Gasteiger partial charge in [-0.15, -0.1) is 0 Å². The first kappa shape index (κ1) is 13.0. The predicted molar refractivity (Wildman–Crippen MR) is 67.7 cm³/mol. The van der Waals surface area contributed by atoms with Gasteiger partial charge in [0.15, 0.2) is 11.5 Å². The van der Waals surface area contributed by atoms with Crippen LogP contribution in [0.25, 0.3) is 0 Å². The molecule has 0 unspecified atom stereocenters. The zero-order chi connectivity index (χ0) is 13.0. The second-order valence-electron chi connectivity index (χ2n) is 4.04. The third-order valence-corrected chi connectivity index (χ3v) is 3.01. The Hall–Kier alpha value is -1.46. The summed E-state index contributed by atoms with van der Waals surface area (Å²) in [6, 6.07) is 4.06. The Bertz CT molecular complexity index is 377. The van der Waals surface area contributed by atoms with Gasteiger partial charge in [0.25, 0.3) is 0 Å². The van der Waals surface area contributed by atoms with Gasteiger partial charge >= 0.3 is 0 Å². The largest absolute Gasteiger partial charge is 0.493 e. The topological polar surface area (TPSA) is 49.0 Å². The van der Waals surface area contributed by atoms with E-state index in [1.165, 1.54) is 0 Å². The quantitative estimate of drug-likeness (QED) is 0.878. The van der Waals surface area contributed by atoms with Crippen molar-refractivity contribution in [1.29, 1.82) is 0 Å². The van der Waals surface area contributed by atoms with Crippen molar-refractivity contribution in [3.05, 3.63) is 17.7 Å². The number of ether oxygens (including phenoxy) is 4. The van der Waals surface area contributed by atoms with Crippen LogP contribution in [0.4, 0.5) is 0 Å². The number of morpholine rings is 1. The average Bonchev–Trinajstić information content (AvgIpc) is 2.46. The summed E-state index contributed by atoms with van der Waals surface area (Å²) in [7, 11) is 4.83. The van der Waals surface area contributed by atoms with Crippen LogP contribution >= 0.6 is 0 Å². The fraction of sp³-hybridized carbons (Fsp3) is 0.538. The summed E-state index contributed by atoms with van der Waals surface area (Å²) >= 11 is 0. The van der Waals surface area contributed by atoms with E-state index in [1.54, 1.807) is 21.3 Å². The van der Waals surface area contributed by atoms with Gasteiger partial charge in [-0.05, 0) is 17.7 Å². The fourth-order valence-electron chi connectivity index (χ4n) is 2.08. The minimum atomic E-state index is 0.160. The minimum absolute atomic E-state index is 0.160. The lowest BCUT2D eigenvalue weighted by Gasteiger charge is -2.25. The molecule has 1 atom stereocenters. The number of methoxy groups -OCH3 is 3. The molecule has 0 aromatic heterocycles. The average molecular weight is 253 g/mol. The molecular formula is C13H19NO4. The molecule has 0 spiro atoms. The SMILES string of the molecule is COc1cc([C@H]2COCCN2)cc(OC)c1OC. The standard InChI is InChI=1S/C13H19NO4/c1-15-11-6-9(10-8-18-5-4-14-10)7-12(16-2)13(11)17-3/h6-7,10,14H,4-5,8H2,1-3H3/t10-/m1/s1. The first-order valence-electron chi connectivity index (χ1n) is 5.91. The van der Waals surface area contributed by atoms with E-state index in [0.29, 0.717) is 23.9 Å². The minimum Gasteiger partial charge on any atom is -0.493 e.